The topological polar surface area (TPSA) is 57.0 Å². The molecule has 2 radical (unpaired) electrons. The molecule has 0 N–H and O–H groups in total. The van der Waals surface area contributed by atoms with Gasteiger partial charge in [0, 0.05) is 18.6 Å². The minimum atomic E-state index is 0. The first-order valence-corrected chi connectivity index (χ1v) is 0. The molecule has 0 aliphatic carbocycles. The minimum absolute atomic E-state index is 0. The normalized spacial score (nSPS) is 0. The van der Waals surface area contributed by atoms with Crippen LogP contribution in [0.3, 0.4) is 0 Å². The van der Waals surface area contributed by atoms with Crippen LogP contribution in [0.15, 0.2) is 0 Å². The van der Waals surface area contributed by atoms with Crippen molar-refractivity contribution in [3.63, 3.8) is 0 Å². The van der Waals surface area contributed by atoms with Crippen molar-refractivity contribution in [2.75, 3.05) is 0 Å². The number of hydrogen-bond donors (Lipinski definition) is 0. The minimum Gasteiger partial charge on any atom is -2.00 e. The quantitative estimate of drug-likeness (QED) is 0.321. The average Bonchev–Trinajstić information content (AvgIpc) is 0. The van der Waals surface area contributed by atoms with Crippen LogP contribution in [0, 0.1) is 0 Å². The van der Waals surface area contributed by atoms with E-state index >= 15 is 0 Å². The zero-order valence-electron chi connectivity index (χ0n) is 2.64. The van der Waals surface area contributed by atoms with E-state index in [9.17, 15) is 0 Å². The predicted molar refractivity (Wildman–Crippen MR) is 1.37 cm³/mol. The Hall–Kier alpha value is 1.62. The second-order valence-corrected chi connectivity index (χ2v) is 0. The monoisotopic (exact) mass is 145 g/mol. The van der Waals surface area contributed by atoms with Crippen molar-refractivity contribution < 1.29 is 65.4 Å². The Morgan fingerprint density at radius 2 is 0.800 bits per heavy atom. The smallest absolute Gasteiger partial charge is 2.00 e. The van der Waals surface area contributed by atoms with Gasteiger partial charge in [-0.3, -0.25) is 0 Å². The third-order valence-electron chi connectivity index (χ3n) is 0. The van der Waals surface area contributed by atoms with Gasteiger partial charge in [-0.15, -0.1) is 0 Å². The first-order valence-electron chi connectivity index (χ1n) is 0. The fourth-order valence-electron chi connectivity index (χ4n) is 0. The van der Waals surface area contributed by atoms with Gasteiger partial charge in [0.2, 0.25) is 0 Å². The molecule has 2 nitrogen and oxygen atoms in total. The summed E-state index contributed by atoms with van der Waals surface area (Å²) in [4.78, 5) is 0. The molecule has 5 heteroatoms. The molecule has 0 aromatic rings. The maximum Gasteiger partial charge on any atom is 2.00 e. The van der Waals surface area contributed by atoms with Crippen molar-refractivity contribution in [1.82, 2.24) is 0 Å². The number of rotatable bonds is 0. The second kappa shape index (κ2) is 45.7. The van der Waals surface area contributed by atoms with Gasteiger partial charge in [0.15, 0.2) is 0 Å². The molecule has 5 heavy (non-hydrogen) atoms. The van der Waals surface area contributed by atoms with Crippen LogP contribution in [0.25, 0.3) is 0 Å². The van der Waals surface area contributed by atoms with E-state index in [4.69, 9.17) is 0 Å². The van der Waals surface area contributed by atoms with Crippen LogP contribution >= 0.6 is 0 Å². The summed E-state index contributed by atoms with van der Waals surface area (Å²) in [5.41, 5.74) is 0. The summed E-state index contributed by atoms with van der Waals surface area (Å²) >= 11 is 0. The standard InChI is InChI=1S/Li.Mn.2O.V/q+1;+2;2*-2;. The van der Waals surface area contributed by atoms with Crippen molar-refractivity contribution in [1.29, 1.82) is 0 Å². The molecule has 0 spiro atoms. The Kier molecular flexibility index (Phi) is 727. The average molecular weight is 145 g/mol. The van der Waals surface area contributed by atoms with Crippen LogP contribution in [0.2, 0.25) is 0 Å². The molecule has 0 aliphatic heterocycles. The van der Waals surface area contributed by atoms with Gasteiger partial charge in [0.05, 0.1) is 0 Å². The predicted octanol–water partition coefficient (Wildman–Crippen LogP) is -3.24. The Bertz CT molecular complexity index is 9.61. The summed E-state index contributed by atoms with van der Waals surface area (Å²) in [6, 6.07) is 0. The molecule has 0 fully saturated rings. The van der Waals surface area contributed by atoms with E-state index in [-0.39, 0.29) is 65.4 Å². The molecular weight excluding hydrogens is 145 g/mol. The largest absolute Gasteiger partial charge is 2.00 e. The SMILES string of the molecule is [Li+].[Mn+2].[O-2].[O-2].[V]. The third-order valence-corrected chi connectivity index (χ3v) is 0. The van der Waals surface area contributed by atoms with E-state index in [0.29, 0.717) is 0 Å². The van der Waals surface area contributed by atoms with Crippen LogP contribution in [-0.2, 0) is 46.6 Å². The first kappa shape index (κ1) is 79.6. The molecule has 0 aromatic heterocycles. The molecule has 0 rings (SSSR count). The van der Waals surface area contributed by atoms with Crippen molar-refractivity contribution in [3.05, 3.63) is 0 Å². The molecule has 0 amide bonds. The van der Waals surface area contributed by atoms with E-state index < -0.39 is 0 Å². The Morgan fingerprint density at radius 1 is 0.800 bits per heavy atom. The fourth-order valence-corrected chi connectivity index (χ4v) is 0. The van der Waals surface area contributed by atoms with Gasteiger partial charge in [-0.25, -0.2) is 0 Å². The molecule has 0 saturated carbocycles. The molecular formula is LiMnO2V-. The van der Waals surface area contributed by atoms with Crippen LogP contribution in [0.4, 0.5) is 0 Å². The van der Waals surface area contributed by atoms with Crippen molar-refractivity contribution in [2.24, 2.45) is 0 Å². The molecule has 26 valence electrons. The summed E-state index contributed by atoms with van der Waals surface area (Å²) in [5.74, 6) is 0. The second-order valence-electron chi connectivity index (χ2n) is 0. The van der Waals surface area contributed by atoms with Crippen LogP contribution in [0.1, 0.15) is 0 Å². The van der Waals surface area contributed by atoms with E-state index in [0.717, 1.165) is 0 Å². The molecule has 0 saturated heterocycles. The van der Waals surface area contributed by atoms with Gasteiger partial charge in [-0.1, -0.05) is 0 Å². The Morgan fingerprint density at radius 3 is 0.800 bits per heavy atom. The van der Waals surface area contributed by atoms with Gasteiger partial charge >= 0.3 is 35.9 Å². The van der Waals surface area contributed by atoms with Gasteiger partial charge in [-0.05, 0) is 0 Å². The molecule has 0 heterocycles. The van der Waals surface area contributed by atoms with E-state index in [1.54, 1.807) is 0 Å². The zero-order valence-corrected chi connectivity index (χ0v) is 5.22. The summed E-state index contributed by atoms with van der Waals surface area (Å²) in [6.45, 7) is 0. The summed E-state index contributed by atoms with van der Waals surface area (Å²) in [6.07, 6.45) is 0. The Balaban J connectivity index is 0. The van der Waals surface area contributed by atoms with E-state index in [2.05, 4.69) is 0 Å². The third kappa shape index (κ3) is 28.0. The first-order chi connectivity index (χ1) is 0. The molecule has 0 bridgehead atoms. The summed E-state index contributed by atoms with van der Waals surface area (Å²) < 4.78 is 0. The van der Waals surface area contributed by atoms with Crippen molar-refractivity contribution >= 4 is 0 Å². The van der Waals surface area contributed by atoms with Crippen molar-refractivity contribution in [3.8, 4) is 0 Å². The van der Waals surface area contributed by atoms with E-state index in [1.165, 1.54) is 0 Å². The Labute approximate surface area is 65.2 Å². The molecule has 0 aromatic carbocycles. The van der Waals surface area contributed by atoms with Gasteiger partial charge in [0.25, 0.3) is 0 Å². The van der Waals surface area contributed by atoms with Crippen LogP contribution < -0.4 is 18.9 Å². The maximum absolute atomic E-state index is 0. The van der Waals surface area contributed by atoms with Crippen LogP contribution in [-0.4, -0.2) is 0 Å². The van der Waals surface area contributed by atoms with E-state index in [1.807, 2.05) is 0 Å². The fraction of sp³-hybridized carbons (Fsp3) is 0. The summed E-state index contributed by atoms with van der Waals surface area (Å²) in [5, 5.41) is 0. The van der Waals surface area contributed by atoms with Gasteiger partial charge < -0.3 is 11.0 Å². The van der Waals surface area contributed by atoms with Crippen LogP contribution in [0.5, 0.6) is 0 Å². The zero-order chi connectivity index (χ0) is 0. The van der Waals surface area contributed by atoms with Crippen molar-refractivity contribution in [2.45, 2.75) is 0 Å². The summed E-state index contributed by atoms with van der Waals surface area (Å²) in [7, 11) is 0. The molecule has 0 aliphatic rings. The van der Waals surface area contributed by atoms with Gasteiger partial charge in [0.1, 0.15) is 0 Å². The maximum atomic E-state index is 0. The number of hydrogen-bond acceptors (Lipinski definition) is 0. The molecule has 0 unspecified atom stereocenters. The van der Waals surface area contributed by atoms with Gasteiger partial charge in [-0.2, -0.15) is 0 Å². The molecule has 0 atom stereocenters.